The molecule has 1 unspecified atom stereocenters. The lowest BCUT2D eigenvalue weighted by Gasteiger charge is -2.18. The summed E-state index contributed by atoms with van der Waals surface area (Å²) in [5.41, 5.74) is 0. The van der Waals surface area contributed by atoms with Gasteiger partial charge < -0.3 is 4.79 Å². The van der Waals surface area contributed by atoms with E-state index in [4.69, 9.17) is 0 Å². The minimum absolute atomic E-state index is 0.924. The fourth-order valence-electron chi connectivity index (χ4n) is 0.340. The maximum atomic E-state index is 11.7. The van der Waals surface area contributed by atoms with E-state index in [9.17, 15) is 26.7 Å². The van der Waals surface area contributed by atoms with Gasteiger partial charge >= 0.3 is 11.6 Å². The Labute approximate surface area is 63.1 Å². The number of carbonyl (C=O) groups is 1. The van der Waals surface area contributed by atoms with E-state index in [1.165, 1.54) is 0 Å². The van der Waals surface area contributed by atoms with E-state index in [2.05, 4.69) is 11.6 Å². The molecular formula is C4H2ClF5O. The average molecular weight is 197 g/mol. The first kappa shape index (κ1) is 10.6. The van der Waals surface area contributed by atoms with Gasteiger partial charge in [0.1, 0.15) is 6.29 Å². The number of alkyl halides is 6. The molecule has 11 heavy (non-hydrogen) atoms. The zero-order chi connectivity index (χ0) is 9.28. The van der Waals surface area contributed by atoms with Gasteiger partial charge in [0.2, 0.25) is 0 Å². The van der Waals surface area contributed by atoms with Crippen molar-refractivity contribution in [3.8, 4) is 0 Å². The average Bonchev–Trinajstić information content (AvgIpc) is 1.56. The SMILES string of the molecule is O=CC(C(F)(F)F)C(F)(F)Cl. The van der Waals surface area contributed by atoms with Crippen molar-refractivity contribution in [3.63, 3.8) is 0 Å². The molecule has 0 N–H and O–H groups in total. The highest BCUT2D eigenvalue weighted by Crippen LogP contribution is 2.39. The second kappa shape index (κ2) is 2.92. The summed E-state index contributed by atoms with van der Waals surface area (Å²) in [6, 6.07) is 0. The first-order valence-corrected chi connectivity index (χ1v) is 2.66. The summed E-state index contributed by atoms with van der Waals surface area (Å²) in [6.45, 7) is 0. The summed E-state index contributed by atoms with van der Waals surface area (Å²) >= 11 is 4.00. The molecule has 1 nitrogen and oxygen atoms in total. The Kier molecular flexibility index (Phi) is 2.82. The molecule has 0 aromatic heterocycles. The van der Waals surface area contributed by atoms with Crippen LogP contribution in [0.15, 0.2) is 0 Å². The van der Waals surface area contributed by atoms with Gasteiger partial charge in [0.15, 0.2) is 5.92 Å². The van der Waals surface area contributed by atoms with Crippen LogP contribution in [0.1, 0.15) is 0 Å². The van der Waals surface area contributed by atoms with E-state index in [0.29, 0.717) is 0 Å². The second-order valence-electron chi connectivity index (χ2n) is 1.70. The predicted molar refractivity (Wildman–Crippen MR) is 26.4 cm³/mol. The van der Waals surface area contributed by atoms with E-state index >= 15 is 0 Å². The van der Waals surface area contributed by atoms with Gasteiger partial charge in [0.25, 0.3) is 0 Å². The molecule has 0 radical (unpaired) electrons. The van der Waals surface area contributed by atoms with Crippen molar-refractivity contribution in [2.45, 2.75) is 11.6 Å². The molecule has 0 aliphatic heterocycles. The predicted octanol–water partition coefficient (Wildman–Crippen LogP) is 2.20. The lowest BCUT2D eigenvalue weighted by molar-refractivity contribution is -0.208. The van der Waals surface area contributed by atoms with E-state index in [1.54, 1.807) is 0 Å². The Balaban J connectivity index is 4.56. The molecule has 0 rings (SSSR count). The fourth-order valence-corrected chi connectivity index (χ4v) is 0.515. The Morgan fingerprint density at radius 3 is 1.55 bits per heavy atom. The summed E-state index contributed by atoms with van der Waals surface area (Å²) in [6.07, 6.45) is -6.22. The third-order valence-corrected chi connectivity index (χ3v) is 1.08. The van der Waals surface area contributed by atoms with Gasteiger partial charge in [-0.05, 0) is 11.6 Å². The molecule has 0 fully saturated rings. The number of hydrogen-bond donors (Lipinski definition) is 0. The van der Waals surface area contributed by atoms with Gasteiger partial charge in [-0.3, -0.25) is 0 Å². The molecule has 0 spiro atoms. The smallest absolute Gasteiger partial charge is 0.302 e. The Hall–Kier alpha value is -0.390. The Morgan fingerprint density at radius 2 is 1.55 bits per heavy atom. The van der Waals surface area contributed by atoms with Gasteiger partial charge in [-0.1, -0.05) is 0 Å². The maximum absolute atomic E-state index is 11.7. The van der Waals surface area contributed by atoms with Crippen molar-refractivity contribution in [2.24, 2.45) is 5.92 Å². The molecule has 0 aromatic carbocycles. The zero-order valence-electron chi connectivity index (χ0n) is 4.83. The van der Waals surface area contributed by atoms with E-state index < -0.39 is 23.8 Å². The van der Waals surface area contributed by atoms with Crippen molar-refractivity contribution in [2.75, 3.05) is 0 Å². The minimum atomic E-state index is -5.30. The molecule has 66 valence electrons. The lowest BCUT2D eigenvalue weighted by atomic mass is 10.2. The second-order valence-corrected chi connectivity index (χ2v) is 2.20. The van der Waals surface area contributed by atoms with Crippen molar-refractivity contribution >= 4 is 17.9 Å². The molecule has 1 atom stereocenters. The first-order valence-electron chi connectivity index (χ1n) is 2.28. The molecule has 0 bridgehead atoms. The van der Waals surface area contributed by atoms with Gasteiger partial charge in [-0.25, -0.2) is 0 Å². The Morgan fingerprint density at radius 1 is 1.18 bits per heavy atom. The van der Waals surface area contributed by atoms with Crippen molar-refractivity contribution in [1.29, 1.82) is 0 Å². The summed E-state index contributed by atoms with van der Waals surface area (Å²) < 4.78 is 57.7. The van der Waals surface area contributed by atoms with Crippen molar-refractivity contribution in [1.82, 2.24) is 0 Å². The number of halogens is 6. The Bertz CT molecular complexity index is 134. The number of aldehydes is 1. The van der Waals surface area contributed by atoms with Crippen LogP contribution in [-0.2, 0) is 4.79 Å². The van der Waals surface area contributed by atoms with Crippen molar-refractivity contribution < 1.29 is 26.7 Å². The maximum Gasteiger partial charge on any atom is 0.405 e. The third-order valence-electron chi connectivity index (χ3n) is 0.841. The van der Waals surface area contributed by atoms with Crippen molar-refractivity contribution in [3.05, 3.63) is 0 Å². The number of carbonyl (C=O) groups excluding carboxylic acids is 1. The van der Waals surface area contributed by atoms with Gasteiger partial charge in [-0.2, -0.15) is 22.0 Å². The van der Waals surface area contributed by atoms with E-state index in [1.807, 2.05) is 0 Å². The third kappa shape index (κ3) is 3.00. The normalized spacial score (nSPS) is 16.2. The highest BCUT2D eigenvalue weighted by Gasteiger charge is 2.54. The molecule has 0 amide bonds. The van der Waals surface area contributed by atoms with Crippen LogP contribution in [-0.4, -0.2) is 17.8 Å². The van der Waals surface area contributed by atoms with Crippen LogP contribution in [0.5, 0.6) is 0 Å². The summed E-state index contributed by atoms with van der Waals surface area (Å²) in [7, 11) is 0. The standard InChI is InChI=1S/C4H2ClF5O/c5-3(6,7)2(1-11)4(8,9)10/h1-2H. The summed E-state index contributed by atoms with van der Waals surface area (Å²) in [4.78, 5) is 9.51. The van der Waals surface area contributed by atoms with Crippen LogP contribution in [0, 0.1) is 5.92 Å². The van der Waals surface area contributed by atoms with Crippen LogP contribution in [0.3, 0.4) is 0 Å². The number of hydrogen-bond acceptors (Lipinski definition) is 1. The molecule has 0 aromatic rings. The highest BCUT2D eigenvalue weighted by atomic mass is 35.5. The molecule has 0 heterocycles. The van der Waals surface area contributed by atoms with Crippen LogP contribution >= 0.6 is 11.6 Å². The quantitative estimate of drug-likeness (QED) is 0.376. The van der Waals surface area contributed by atoms with Crippen LogP contribution in [0.4, 0.5) is 22.0 Å². The van der Waals surface area contributed by atoms with Crippen LogP contribution in [0.2, 0.25) is 0 Å². The van der Waals surface area contributed by atoms with E-state index in [-0.39, 0.29) is 0 Å². The first-order chi connectivity index (χ1) is 4.69. The topological polar surface area (TPSA) is 17.1 Å². The molecule has 0 aliphatic rings. The molecule has 0 saturated heterocycles. The lowest BCUT2D eigenvalue weighted by Crippen LogP contribution is -2.36. The van der Waals surface area contributed by atoms with Crippen LogP contribution in [0.25, 0.3) is 0 Å². The number of rotatable bonds is 2. The molecule has 7 heteroatoms. The monoisotopic (exact) mass is 196 g/mol. The highest BCUT2D eigenvalue weighted by molar-refractivity contribution is 6.22. The fraction of sp³-hybridized carbons (Fsp3) is 0.750. The summed E-state index contributed by atoms with van der Waals surface area (Å²) in [5.74, 6) is -3.43. The molecule has 0 saturated carbocycles. The van der Waals surface area contributed by atoms with Gasteiger partial charge in [0, 0.05) is 0 Å². The van der Waals surface area contributed by atoms with Crippen LogP contribution < -0.4 is 0 Å². The summed E-state index contributed by atoms with van der Waals surface area (Å²) in [5, 5.41) is -4.57. The van der Waals surface area contributed by atoms with Gasteiger partial charge in [-0.15, -0.1) is 0 Å². The van der Waals surface area contributed by atoms with Gasteiger partial charge in [0.05, 0.1) is 0 Å². The molecule has 0 aliphatic carbocycles. The molecular weight excluding hydrogens is 194 g/mol. The zero-order valence-corrected chi connectivity index (χ0v) is 5.59. The van der Waals surface area contributed by atoms with E-state index in [0.717, 1.165) is 0 Å². The minimum Gasteiger partial charge on any atom is -0.302 e. The largest absolute Gasteiger partial charge is 0.405 e.